The Bertz CT molecular complexity index is 2250. The van der Waals surface area contributed by atoms with Gasteiger partial charge in [0.05, 0.1) is 48.6 Å². The first-order chi connectivity index (χ1) is 28.0. The number of halogens is 7. The summed E-state index contributed by atoms with van der Waals surface area (Å²) >= 11 is 21.7. The Balaban J connectivity index is 0.000000295. The number of methoxy groups -OCH3 is 2. The van der Waals surface area contributed by atoms with Crippen LogP contribution < -0.4 is 25.8 Å². The second-order valence-electron chi connectivity index (χ2n) is 12.4. The van der Waals surface area contributed by atoms with Crippen molar-refractivity contribution in [2.45, 2.75) is 32.9 Å². The van der Waals surface area contributed by atoms with Gasteiger partial charge >= 0.3 is 6.03 Å². The number of carbonyl (C=O) groups is 1. The van der Waals surface area contributed by atoms with Crippen LogP contribution in [0.15, 0.2) is 109 Å². The van der Waals surface area contributed by atoms with E-state index in [1.54, 1.807) is 79.1 Å². The molecule has 6 aromatic rings. The van der Waals surface area contributed by atoms with E-state index in [1.165, 1.54) is 14.2 Å². The summed E-state index contributed by atoms with van der Waals surface area (Å²) in [5.41, 5.74) is 12.1. The fraction of sp³-hybridized carbons (Fsp3) is 0.205. The van der Waals surface area contributed by atoms with Crippen LogP contribution in [0.2, 0.25) is 10.0 Å². The van der Waals surface area contributed by atoms with Crippen molar-refractivity contribution in [3.8, 4) is 33.8 Å². The van der Waals surface area contributed by atoms with Crippen molar-refractivity contribution in [2.75, 3.05) is 26.1 Å². The molecule has 0 aliphatic heterocycles. The Labute approximate surface area is 369 Å². The minimum atomic E-state index is -0.349. The van der Waals surface area contributed by atoms with Gasteiger partial charge in [-0.2, -0.15) is 0 Å². The highest BCUT2D eigenvalue weighted by Gasteiger charge is 2.18. The van der Waals surface area contributed by atoms with Crippen molar-refractivity contribution in [3.05, 3.63) is 165 Å². The molecule has 0 radical (unpaired) electrons. The molecule has 59 heavy (non-hydrogen) atoms. The number of amides is 2. The number of aromatic nitrogens is 2. The lowest BCUT2D eigenvalue weighted by molar-refractivity contribution is 0.241. The number of nitrogens with zero attached hydrogens (tertiary/aromatic N) is 2. The van der Waals surface area contributed by atoms with Gasteiger partial charge in [-0.1, -0.05) is 71.7 Å². The van der Waals surface area contributed by atoms with E-state index < -0.39 is 0 Å². The molecular formula is C44H44Cl5F2N5O3. The van der Waals surface area contributed by atoms with E-state index in [1.807, 2.05) is 37.3 Å². The number of hydrogen-bond acceptors (Lipinski definition) is 6. The molecule has 4 aromatic carbocycles. The molecule has 15 heteroatoms. The molecule has 2 amide bonds. The number of benzene rings is 4. The molecule has 0 aliphatic rings. The number of rotatable bonds is 12. The zero-order valence-electron chi connectivity index (χ0n) is 32.5. The summed E-state index contributed by atoms with van der Waals surface area (Å²) in [4.78, 5) is 20.1. The van der Waals surface area contributed by atoms with Crippen molar-refractivity contribution in [2.24, 2.45) is 5.73 Å². The molecule has 0 bridgehead atoms. The van der Waals surface area contributed by atoms with Crippen LogP contribution in [0.1, 0.15) is 40.6 Å². The minimum absolute atomic E-state index is 0. The normalized spacial score (nSPS) is 10.2. The maximum atomic E-state index is 15.4. The predicted octanol–water partition coefficient (Wildman–Crippen LogP) is 11.4. The Morgan fingerprint density at radius 3 is 1.53 bits per heavy atom. The molecule has 2 heterocycles. The van der Waals surface area contributed by atoms with Crippen molar-refractivity contribution < 1.29 is 23.0 Å². The predicted molar refractivity (Wildman–Crippen MR) is 239 cm³/mol. The molecule has 0 saturated carbocycles. The highest BCUT2D eigenvalue weighted by molar-refractivity contribution is 6.40. The number of urea groups is 1. The minimum Gasteiger partial charge on any atom is -0.496 e. The Morgan fingerprint density at radius 2 is 1.15 bits per heavy atom. The van der Waals surface area contributed by atoms with Crippen LogP contribution >= 0.6 is 58.8 Å². The molecule has 0 unspecified atom stereocenters. The van der Waals surface area contributed by atoms with E-state index in [-0.39, 0.29) is 35.4 Å². The van der Waals surface area contributed by atoms with E-state index in [2.05, 4.69) is 20.6 Å². The number of pyridine rings is 2. The molecule has 6 rings (SSSR count). The fourth-order valence-electron chi connectivity index (χ4n) is 5.82. The van der Waals surface area contributed by atoms with E-state index >= 15 is 8.78 Å². The van der Waals surface area contributed by atoms with E-state index in [9.17, 15) is 4.79 Å². The molecule has 8 nitrogen and oxygen atoms in total. The molecule has 0 saturated heterocycles. The second kappa shape index (κ2) is 25.1. The summed E-state index contributed by atoms with van der Waals surface area (Å²) in [5, 5.41) is 6.65. The van der Waals surface area contributed by atoms with Gasteiger partial charge in [-0.05, 0) is 88.8 Å². The van der Waals surface area contributed by atoms with Crippen LogP contribution in [0, 0.1) is 11.6 Å². The van der Waals surface area contributed by atoms with Gasteiger partial charge in [0.2, 0.25) is 0 Å². The Hall–Kier alpha value is -4.68. The monoisotopic (exact) mass is 903 g/mol. The highest BCUT2D eigenvalue weighted by atomic mass is 35.5. The third-order valence-electron chi connectivity index (χ3n) is 8.57. The van der Waals surface area contributed by atoms with E-state index in [4.69, 9.17) is 61.6 Å². The summed E-state index contributed by atoms with van der Waals surface area (Å²) in [6.45, 7) is 3.11. The number of hydrogen-bond donors (Lipinski definition) is 3. The first kappa shape index (κ1) is 48.7. The Kier molecular flexibility index (Phi) is 20.7. The van der Waals surface area contributed by atoms with Crippen LogP contribution in [0.3, 0.4) is 0 Å². The zero-order chi connectivity index (χ0) is 42.0. The lowest BCUT2D eigenvalue weighted by Gasteiger charge is -2.14. The fourth-order valence-corrected chi connectivity index (χ4v) is 6.20. The van der Waals surface area contributed by atoms with Crippen molar-refractivity contribution in [3.63, 3.8) is 0 Å². The topological polar surface area (TPSA) is 111 Å². The van der Waals surface area contributed by atoms with E-state index in [0.29, 0.717) is 87.4 Å². The molecule has 0 fully saturated rings. The van der Waals surface area contributed by atoms with Gasteiger partial charge in [-0.25, -0.2) is 13.6 Å². The van der Waals surface area contributed by atoms with E-state index in [0.717, 1.165) is 22.5 Å². The Morgan fingerprint density at radius 1 is 0.695 bits per heavy atom. The summed E-state index contributed by atoms with van der Waals surface area (Å²) in [7, 11) is 3.04. The van der Waals surface area contributed by atoms with Crippen LogP contribution in [0.5, 0.6) is 11.5 Å². The average Bonchev–Trinajstić information content (AvgIpc) is 3.22. The first-order valence-corrected chi connectivity index (χ1v) is 19.8. The van der Waals surface area contributed by atoms with Crippen LogP contribution in [-0.4, -0.2) is 42.1 Å². The summed E-state index contributed by atoms with van der Waals surface area (Å²) in [6, 6.07) is 28.3. The number of carbonyl (C=O) groups excluding carboxylic acids is 1. The van der Waals surface area contributed by atoms with Crippen LogP contribution in [0.4, 0.5) is 13.6 Å². The quantitative estimate of drug-likeness (QED) is 0.106. The molecule has 2 aromatic heterocycles. The van der Waals surface area contributed by atoms with Crippen molar-refractivity contribution >= 4 is 64.8 Å². The average molecular weight is 906 g/mol. The third kappa shape index (κ3) is 14.2. The summed E-state index contributed by atoms with van der Waals surface area (Å²) in [5.74, 6) is 0.256. The van der Waals surface area contributed by atoms with Gasteiger partial charge in [0.25, 0.3) is 0 Å². The molecular weight excluding hydrogens is 862 g/mol. The largest absolute Gasteiger partial charge is 0.496 e. The SMILES string of the molecule is CCNC(=O)NCc1ccc(Cc2ccc(OC)c(-c3cccc(Cl)c3)c2F)cn1.COc1ccc(Cc2ccc(CN)nc2)c(F)c1-c1cccc(Cl)c1.Cl.ClCCl. The van der Waals surface area contributed by atoms with Crippen LogP contribution in [0.25, 0.3) is 22.3 Å². The number of alkyl halides is 2. The first-order valence-electron chi connectivity index (χ1n) is 18.0. The summed E-state index contributed by atoms with van der Waals surface area (Å²) < 4.78 is 41.3. The lowest BCUT2D eigenvalue weighted by atomic mass is 9.97. The smallest absolute Gasteiger partial charge is 0.315 e. The van der Waals surface area contributed by atoms with Gasteiger partial charge in [0.15, 0.2) is 0 Å². The summed E-state index contributed by atoms with van der Waals surface area (Å²) in [6.07, 6.45) is 4.23. The van der Waals surface area contributed by atoms with Gasteiger partial charge in [0.1, 0.15) is 23.1 Å². The number of nitrogens with one attached hydrogen (secondary N) is 2. The van der Waals surface area contributed by atoms with Crippen LogP contribution in [-0.2, 0) is 25.9 Å². The van der Waals surface area contributed by atoms with Crippen molar-refractivity contribution in [1.29, 1.82) is 0 Å². The van der Waals surface area contributed by atoms with Gasteiger partial charge in [-0.3, -0.25) is 9.97 Å². The molecule has 312 valence electrons. The van der Waals surface area contributed by atoms with Gasteiger partial charge < -0.3 is 25.8 Å². The number of ether oxygens (including phenoxy) is 2. The molecule has 0 spiro atoms. The highest BCUT2D eigenvalue weighted by Crippen LogP contribution is 2.37. The molecule has 4 N–H and O–H groups in total. The van der Waals surface area contributed by atoms with Crippen molar-refractivity contribution in [1.82, 2.24) is 20.6 Å². The lowest BCUT2D eigenvalue weighted by Crippen LogP contribution is -2.34. The number of nitrogens with two attached hydrogens (primary N) is 1. The maximum absolute atomic E-state index is 15.4. The van der Waals surface area contributed by atoms with Gasteiger partial charge in [0, 0.05) is 48.4 Å². The maximum Gasteiger partial charge on any atom is 0.315 e. The third-order valence-corrected chi connectivity index (χ3v) is 9.04. The zero-order valence-corrected chi connectivity index (χ0v) is 36.3. The standard InChI is InChI=1S/C23H23ClFN3O2.C20H18ClFN2O.CH2Cl2.ClH/c1-3-26-23(29)28-14-19-9-7-15(13-27-19)11-17-8-10-20(30-2)21(22(17)25)16-5-4-6-18(24)12-16;1-25-18-8-6-15(9-13-5-7-17(11-23)24-12-13)20(22)19(18)14-3-2-4-16(21)10-14;2-1-3;/h4-10,12-13H,3,11,14H2,1-2H3,(H2,26,28,29);2-8,10,12H,9,11,23H2,1H3;1H2;1H. The molecule has 0 aliphatic carbocycles. The molecule has 0 atom stereocenters. The second-order valence-corrected chi connectivity index (χ2v) is 14.1. The van der Waals surface area contributed by atoms with Gasteiger partial charge in [-0.15, -0.1) is 35.6 Å².